The molecule has 0 saturated carbocycles. The molecule has 1 amide bonds. The van der Waals surface area contributed by atoms with Gasteiger partial charge in [0.15, 0.2) is 0 Å². The Balaban J connectivity index is 1.72. The van der Waals surface area contributed by atoms with Gasteiger partial charge in [-0.25, -0.2) is 4.68 Å². The average Bonchev–Trinajstić information content (AvgIpc) is 3.35. The van der Waals surface area contributed by atoms with Crippen LogP contribution in [-0.4, -0.2) is 25.2 Å². The number of amides is 1. The van der Waals surface area contributed by atoms with Crippen molar-refractivity contribution in [3.8, 4) is 17.1 Å². The molecule has 0 atom stereocenters. The van der Waals surface area contributed by atoms with Gasteiger partial charge in [-0.1, -0.05) is 29.3 Å². The summed E-state index contributed by atoms with van der Waals surface area (Å²) in [7, 11) is 1.92. The third-order valence-electron chi connectivity index (χ3n) is 4.45. The van der Waals surface area contributed by atoms with E-state index in [9.17, 15) is 4.79 Å². The first-order chi connectivity index (χ1) is 14.0. The van der Waals surface area contributed by atoms with Crippen LogP contribution in [0.1, 0.15) is 16.2 Å². The largest absolute Gasteiger partial charge is 0.349 e. The lowest BCUT2D eigenvalue weighted by Crippen LogP contribution is -2.25. The van der Waals surface area contributed by atoms with E-state index >= 15 is 0 Å². The minimum absolute atomic E-state index is 0.269. The topological polar surface area (TPSA) is 64.7 Å². The summed E-state index contributed by atoms with van der Waals surface area (Å²) >= 11 is 12.2. The first-order valence-electron chi connectivity index (χ1n) is 8.88. The Kier molecular flexibility index (Phi) is 5.38. The Hall–Kier alpha value is -3.09. The Bertz CT molecular complexity index is 1170. The van der Waals surface area contributed by atoms with Gasteiger partial charge in [-0.2, -0.15) is 5.10 Å². The number of carbonyl (C=O) groups is 1. The molecule has 3 aromatic heterocycles. The summed E-state index contributed by atoms with van der Waals surface area (Å²) in [6.45, 7) is 0.311. The fourth-order valence-electron chi connectivity index (χ4n) is 2.97. The minimum Gasteiger partial charge on any atom is -0.349 e. The van der Waals surface area contributed by atoms with Crippen LogP contribution in [-0.2, 0) is 13.6 Å². The molecule has 0 spiro atoms. The summed E-state index contributed by atoms with van der Waals surface area (Å²) in [6.07, 6.45) is 3.61. The van der Waals surface area contributed by atoms with Crippen LogP contribution >= 0.6 is 23.2 Å². The molecule has 1 N–H and O–H groups in total. The Labute approximate surface area is 177 Å². The first-order valence-corrected chi connectivity index (χ1v) is 9.64. The SMILES string of the molecule is Cn1cccc1-c1cc(C(=O)NCc2ccccn2)n(-c2ccc(Cl)c(Cl)c2)n1. The van der Waals surface area contributed by atoms with Gasteiger partial charge in [0.25, 0.3) is 5.91 Å². The van der Waals surface area contributed by atoms with Crippen LogP contribution in [0.25, 0.3) is 17.1 Å². The van der Waals surface area contributed by atoms with Crippen molar-refractivity contribution in [2.75, 3.05) is 0 Å². The van der Waals surface area contributed by atoms with E-state index in [1.165, 1.54) is 0 Å². The van der Waals surface area contributed by atoms with Crippen molar-refractivity contribution in [3.63, 3.8) is 0 Å². The van der Waals surface area contributed by atoms with Crippen molar-refractivity contribution in [2.45, 2.75) is 6.54 Å². The molecule has 8 heteroatoms. The van der Waals surface area contributed by atoms with E-state index in [1.807, 2.05) is 48.1 Å². The van der Waals surface area contributed by atoms with Gasteiger partial charge in [-0.15, -0.1) is 0 Å². The summed E-state index contributed by atoms with van der Waals surface area (Å²) in [6, 6.07) is 16.3. The number of halogens is 2. The van der Waals surface area contributed by atoms with Crippen molar-refractivity contribution in [1.29, 1.82) is 0 Å². The molecular formula is C21H17Cl2N5O. The maximum atomic E-state index is 13.0. The fourth-order valence-corrected chi connectivity index (χ4v) is 3.27. The molecule has 1 aromatic carbocycles. The molecule has 0 unspecified atom stereocenters. The van der Waals surface area contributed by atoms with E-state index in [0.717, 1.165) is 11.4 Å². The first kappa shape index (κ1) is 19.2. The molecule has 0 bridgehead atoms. The number of benzene rings is 1. The van der Waals surface area contributed by atoms with Crippen molar-refractivity contribution >= 4 is 29.1 Å². The van der Waals surface area contributed by atoms with Crippen molar-refractivity contribution < 1.29 is 4.79 Å². The fraction of sp³-hybridized carbons (Fsp3) is 0.0952. The van der Waals surface area contributed by atoms with E-state index in [4.69, 9.17) is 23.2 Å². The van der Waals surface area contributed by atoms with E-state index < -0.39 is 0 Å². The van der Waals surface area contributed by atoms with Crippen molar-refractivity contribution in [3.05, 3.63) is 88.4 Å². The van der Waals surface area contributed by atoms with E-state index in [1.54, 1.807) is 35.1 Å². The number of aryl methyl sites for hydroxylation is 1. The molecular weight excluding hydrogens is 409 g/mol. The Morgan fingerprint density at radius 2 is 1.93 bits per heavy atom. The Morgan fingerprint density at radius 1 is 1.07 bits per heavy atom. The molecule has 29 heavy (non-hydrogen) atoms. The zero-order chi connectivity index (χ0) is 20.4. The van der Waals surface area contributed by atoms with Crippen molar-refractivity contribution in [2.24, 2.45) is 7.05 Å². The van der Waals surface area contributed by atoms with E-state index in [-0.39, 0.29) is 5.91 Å². The highest BCUT2D eigenvalue weighted by Crippen LogP contribution is 2.27. The molecule has 4 rings (SSSR count). The summed E-state index contributed by atoms with van der Waals surface area (Å²) in [5, 5.41) is 8.37. The molecule has 0 aliphatic rings. The molecule has 4 aromatic rings. The molecule has 0 aliphatic heterocycles. The van der Waals surface area contributed by atoms with Gasteiger partial charge in [0, 0.05) is 19.4 Å². The second-order valence-electron chi connectivity index (χ2n) is 6.43. The van der Waals surface area contributed by atoms with Gasteiger partial charge in [0.1, 0.15) is 11.4 Å². The number of pyridine rings is 1. The second kappa shape index (κ2) is 8.11. The van der Waals surface area contributed by atoms with Crippen LogP contribution in [0.3, 0.4) is 0 Å². The lowest BCUT2D eigenvalue weighted by atomic mass is 10.2. The van der Waals surface area contributed by atoms with E-state index in [0.29, 0.717) is 33.7 Å². The van der Waals surface area contributed by atoms with E-state index in [2.05, 4.69) is 15.4 Å². The smallest absolute Gasteiger partial charge is 0.270 e. The van der Waals surface area contributed by atoms with Crippen LogP contribution in [0.2, 0.25) is 10.0 Å². The minimum atomic E-state index is -0.269. The zero-order valence-electron chi connectivity index (χ0n) is 15.5. The predicted octanol–water partition coefficient (Wildman–Crippen LogP) is 4.51. The van der Waals surface area contributed by atoms with Gasteiger partial charge in [-0.05, 0) is 48.5 Å². The maximum absolute atomic E-state index is 13.0. The summed E-state index contributed by atoms with van der Waals surface area (Å²) in [4.78, 5) is 17.2. The van der Waals surface area contributed by atoms with Crippen LogP contribution in [0.4, 0.5) is 0 Å². The molecule has 0 fully saturated rings. The lowest BCUT2D eigenvalue weighted by Gasteiger charge is -2.09. The monoisotopic (exact) mass is 425 g/mol. The normalized spacial score (nSPS) is 10.9. The van der Waals surface area contributed by atoms with Gasteiger partial charge in [0.2, 0.25) is 0 Å². The molecule has 146 valence electrons. The van der Waals surface area contributed by atoms with Crippen LogP contribution in [0, 0.1) is 0 Å². The molecule has 0 saturated heterocycles. The van der Waals surface area contributed by atoms with Crippen molar-refractivity contribution in [1.82, 2.24) is 24.6 Å². The quantitative estimate of drug-likeness (QED) is 0.511. The molecule has 0 aliphatic carbocycles. The Morgan fingerprint density at radius 3 is 2.62 bits per heavy atom. The number of hydrogen-bond acceptors (Lipinski definition) is 3. The van der Waals surface area contributed by atoms with Gasteiger partial charge in [-0.3, -0.25) is 9.78 Å². The zero-order valence-corrected chi connectivity index (χ0v) is 17.0. The highest BCUT2D eigenvalue weighted by atomic mass is 35.5. The van der Waals surface area contributed by atoms with Gasteiger partial charge >= 0.3 is 0 Å². The third kappa shape index (κ3) is 4.04. The average molecular weight is 426 g/mol. The number of nitrogens with zero attached hydrogens (tertiary/aromatic N) is 4. The lowest BCUT2D eigenvalue weighted by molar-refractivity contribution is 0.0942. The second-order valence-corrected chi connectivity index (χ2v) is 7.25. The maximum Gasteiger partial charge on any atom is 0.270 e. The third-order valence-corrected chi connectivity index (χ3v) is 5.19. The highest BCUT2D eigenvalue weighted by Gasteiger charge is 2.19. The highest BCUT2D eigenvalue weighted by molar-refractivity contribution is 6.42. The standard InChI is InChI=1S/C21H17Cl2N5O/c1-27-10-4-6-19(27)18-12-20(21(29)25-13-14-5-2-3-9-24-14)28(26-18)15-7-8-16(22)17(23)11-15/h2-12H,13H2,1H3,(H,25,29). The molecule has 3 heterocycles. The summed E-state index contributed by atoms with van der Waals surface area (Å²) in [5.41, 5.74) is 3.36. The molecule has 6 nitrogen and oxygen atoms in total. The van der Waals surface area contributed by atoms with Crippen LogP contribution < -0.4 is 5.32 Å². The van der Waals surface area contributed by atoms with Crippen LogP contribution in [0.15, 0.2) is 67.0 Å². The van der Waals surface area contributed by atoms with Gasteiger partial charge in [0.05, 0.1) is 33.7 Å². The number of nitrogens with one attached hydrogen (secondary N) is 1. The van der Waals surface area contributed by atoms with Gasteiger partial charge < -0.3 is 9.88 Å². The number of hydrogen-bond donors (Lipinski definition) is 1. The number of rotatable bonds is 5. The molecule has 0 radical (unpaired) electrons. The predicted molar refractivity (Wildman–Crippen MR) is 113 cm³/mol. The number of carbonyl (C=O) groups excluding carboxylic acids is 1. The van der Waals surface area contributed by atoms with Crippen LogP contribution in [0.5, 0.6) is 0 Å². The number of aromatic nitrogens is 4. The summed E-state index contributed by atoms with van der Waals surface area (Å²) < 4.78 is 3.51. The summed E-state index contributed by atoms with van der Waals surface area (Å²) in [5.74, 6) is -0.269.